The summed E-state index contributed by atoms with van der Waals surface area (Å²) in [5, 5.41) is 5.51. The van der Waals surface area contributed by atoms with E-state index in [0.717, 1.165) is 19.3 Å². The van der Waals surface area contributed by atoms with Crippen molar-refractivity contribution in [3.63, 3.8) is 0 Å². The Bertz CT molecular complexity index is 948. The van der Waals surface area contributed by atoms with Crippen molar-refractivity contribution in [3.8, 4) is 0 Å². The minimum Gasteiger partial charge on any atom is -0.328 e. The third-order valence-corrected chi connectivity index (χ3v) is 6.38. The van der Waals surface area contributed by atoms with Gasteiger partial charge in [-0.1, -0.05) is 86.7 Å². The van der Waals surface area contributed by atoms with E-state index in [0.29, 0.717) is 19.8 Å². The van der Waals surface area contributed by atoms with Crippen LogP contribution in [0.4, 0.5) is 0 Å². The molecule has 0 N–H and O–H groups in total. The summed E-state index contributed by atoms with van der Waals surface area (Å²) in [6.07, 6.45) is 10.6. The number of ether oxygens (including phenoxy) is 3. The summed E-state index contributed by atoms with van der Waals surface area (Å²) in [6, 6.07) is 20.0. The fourth-order valence-electron chi connectivity index (χ4n) is 4.88. The highest BCUT2D eigenvalue weighted by atomic mass is 16.9. The molecule has 180 valence electrons. The molecule has 0 fully saturated rings. The average molecular weight is 451 g/mol. The standard InChI is InChI=1S/C30H42O3/c1-4-31-30(32-5-2,33-6-3)23-17-11-9-7-8-10-12-18-25-24-26-19-13-14-20-27(26)29-22-16-15-21-28(25)29/h13-16,19-22,24H,4-12,17-18,23H2,1-3H3. The second kappa shape index (κ2) is 13.7. The van der Waals surface area contributed by atoms with Gasteiger partial charge in [0.2, 0.25) is 0 Å². The van der Waals surface area contributed by atoms with E-state index in [4.69, 9.17) is 14.2 Å². The predicted molar refractivity (Wildman–Crippen MR) is 140 cm³/mol. The summed E-state index contributed by atoms with van der Waals surface area (Å²) >= 11 is 0. The maximum atomic E-state index is 5.82. The lowest BCUT2D eigenvalue weighted by molar-refractivity contribution is -0.380. The summed E-state index contributed by atoms with van der Waals surface area (Å²) in [5.41, 5.74) is 1.49. The largest absolute Gasteiger partial charge is 0.328 e. The Morgan fingerprint density at radius 1 is 0.576 bits per heavy atom. The second-order valence-corrected chi connectivity index (χ2v) is 8.76. The van der Waals surface area contributed by atoms with Gasteiger partial charge in [0, 0.05) is 26.2 Å². The maximum Gasteiger partial charge on any atom is 0.282 e. The van der Waals surface area contributed by atoms with Gasteiger partial charge in [-0.2, -0.15) is 0 Å². The summed E-state index contributed by atoms with van der Waals surface area (Å²) in [6.45, 7) is 7.79. The monoisotopic (exact) mass is 450 g/mol. The molecule has 3 aromatic carbocycles. The van der Waals surface area contributed by atoms with Crippen molar-refractivity contribution in [1.82, 2.24) is 0 Å². The minimum atomic E-state index is -0.846. The van der Waals surface area contributed by atoms with Gasteiger partial charge in [0.15, 0.2) is 0 Å². The van der Waals surface area contributed by atoms with Gasteiger partial charge in [-0.15, -0.1) is 0 Å². The molecule has 0 spiro atoms. The number of hydrogen-bond donors (Lipinski definition) is 0. The SMILES string of the molecule is CCOC(CCCCCCCCCc1cc2ccccc2c2ccccc12)(OCC)OCC. The minimum absolute atomic E-state index is 0.604. The average Bonchev–Trinajstić information content (AvgIpc) is 2.83. The first kappa shape index (κ1) is 25.7. The molecule has 3 nitrogen and oxygen atoms in total. The van der Waals surface area contributed by atoms with Gasteiger partial charge in [0.1, 0.15) is 0 Å². The van der Waals surface area contributed by atoms with Crippen molar-refractivity contribution >= 4 is 21.5 Å². The molecule has 0 saturated heterocycles. The van der Waals surface area contributed by atoms with E-state index in [2.05, 4.69) is 54.6 Å². The fraction of sp³-hybridized carbons (Fsp3) is 0.533. The lowest BCUT2D eigenvalue weighted by atomic mass is 9.94. The van der Waals surface area contributed by atoms with E-state index in [1.54, 1.807) is 0 Å². The number of benzene rings is 3. The zero-order chi connectivity index (χ0) is 23.4. The van der Waals surface area contributed by atoms with Gasteiger partial charge in [-0.05, 0) is 67.1 Å². The van der Waals surface area contributed by atoms with Gasteiger partial charge in [0.25, 0.3) is 5.97 Å². The molecule has 0 amide bonds. The molecule has 0 atom stereocenters. The molecule has 0 aliphatic heterocycles. The van der Waals surface area contributed by atoms with Crippen LogP contribution in [0.5, 0.6) is 0 Å². The van der Waals surface area contributed by atoms with Crippen LogP contribution in [-0.4, -0.2) is 25.8 Å². The van der Waals surface area contributed by atoms with E-state index >= 15 is 0 Å². The van der Waals surface area contributed by atoms with Crippen LogP contribution in [0.25, 0.3) is 21.5 Å². The molecule has 3 rings (SSSR count). The van der Waals surface area contributed by atoms with Crippen LogP contribution in [0.1, 0.15) is 77.7 Å². The third kappa shape index (κ3) is 7.27. The Morgan fingerprint density at radius 3 is 1.73 bits per heavy atom. The van der Waals surface area contributed by atoms with E-state index in [9.17, 15) is 0 Å². The number of unbranched alkanes of at least 4 members (excludes halogenated alkanes) is 6. The predicted octanol–water partition coefficient (Wildman–Crippen LogP) is 8.42. The maximum absolute atomic E-state index is 5.82. The highest BCUT2D eigenvalue weighted by molar-refractivity contribution is 6.08. The molecule has 0 radical (unpaired) electrons. The molecule has 3 aromatic rings. The molecule has 0 aliphatic rings. The molecule has 0 aliphatic carbocycles. The van der Waals surface area contributed by atoms with Gasteiger partial charge in [-0.25, -0.2) is 0 Å². The van der Waals surface area contributed by atoms with Crippen LogP contribution in [0, 0.1) is 0 Å². The number of fused-ring (bicyclic) bond motifs is 3. The van der Waals surface area contributed by atoms with Crippen LogP contribution in [0.3, 0.4) is 0 Å². The number of hydrogen-bond acceptors (Lipinski definition) is 3. The summed E-state index contributed by atoms with van der Waals surface area (Å²) in [4.78, 5) is 0. The van der Waals surface area contributed by atoms with Crippen molar-refractivity contribution in [1.29, 1.82) is 0 Å². The van der Waals surface area contributed by atoms with Gasteiger partial charge < -0.3 is 14.2 Å². The molecule has 0 aromatic heterocycles. The summed E-state index contributed by atoms with van der Waals surface area (Å²) < 4.78 is 17.5. The first-order valence-corrected chi connectivity index (χ1v) is 13.0. The highest BCUT2D eigenvalue weighted by Crippen LogP contribution is 2.30. The molecule has 0 saturated carbocycles. The van der Waals surface area contributed by atoms with Crippen LogP contribution < -0.4 is 0 Å². The van der Waals surface area contributed by atoms with Crippen LogP contribution in [0.15, 0.2) is 54.6 Å². The molecular formula is C30H42O3. The van der Waals surface area contributed by atoms with Crippen molar-refractivity contribution in [3.05, 3.63) is 60.2 Å². The van der Waals surface area contributed by atoms with E-state index in [1.807, 2.05) is 20.8 Å². The highest BCUT2D eigenvalue weighted by Gasteiger charge is 2.31. The lowest BCUT2D eigenvalue weighted by Gasteiger charge is -2.32. The zero-order valence-corrected chi connectivity index (χ0v) is 20.9. The lowest BCUT2D eigenvalue weighted by Crippen LogP contribution is -2.39. The van der Waals surface area contributed by atoms with Gasteiger partial charge >= 0.3 is 0 Å². The fourth-order valence-corrected chi connectivity index (χ4v) is 4.88. The van der Waals surface area contributed by atoms with Crippen molar-refractivity contribution in [2.24, 2.45) is 0 Å². The number of aryl methyl sites for hydroxylation is 1. The Labute approximate surface area is 200 Å². The molecule has 3 heteroatoms. The van der Waals surface area contributed by atoms with Crippen molar-refractivity contribution < 1.29 is 14.2 Å². The second-order valence-electron chi connectivity index (χ2n) is 8.76. The molecule has 0 unspecified atom stereocenters. The molecule has 33 heavy (non-hydrogen) atoms. The Balaban J connectivity index is 1.39. The Kier molecular flexibility index (Phi) is 10.7. The Morgan fingerprint density at radius 2 is 1.09 bits per heavy atom. The van der Waals surface area contributed by atoms with Gasteiger partial charge in [-0.3, -0.25) is 0 Å². The van der Waals surface area contributed by atoms with E-state index in [1.165, 1.54) is 65.6 Å². The summed E-state index contributed by atoms with van der Waals surface area (Å²) in [5.74, 6) is -0.846. The first-order valence-electron chi connectivity index (χ1n) is 13.0. The van der Waals surface area contributed by atoms with Crippen LogP contribution >= 0.6 is 0 Å². The van der Waals surface area contributed by atoms with E-state index < -0.39 is 5.97 Å². The topological polar surface area (TPSA) is 27.7 Å². The van der Waals surface area contributed by atoms with Crippen LogP contribution in [-0.2, 0) is 20.6 Å². The van der Waals surface area contributed by atoms with Crippen molar-refractivity contribution in [2.45, 2.75) is 84.5 Å². The smallest absolute Gasteiger partial charge is 0.282 e. The van der Waals surface area contributed by atoms with E-state index in [-0.39, 0.29) is 0 Å². The Hall–Kier alpha value is -1.94. The van der Waals surface area contributed by atoms with Gasteiger partial charge in [0.05, 0.1) is 0 Å². The zero-order valence-electron chi connectivity index (χ0n) is 20.9. The van der Waals surface area contributed by atoms with Crippen LogP contribution in [0.2, 0.25) is 0 Å². The summed E-state index contributed by atoms with van der Waals surface area (Å²) in [7, 11) is 0. The third-order valence-electron chi connectivity index (χ3n) is 6.38. The molecule has 0 bridgehead atoms. The quantitative estimate of drug-likeness (QED) is 0.124. The first-order chi connectivity index (χ1) is 16.2. The number of rotatable bonds is 16. The molecule has 0 heterocycles. The molecular weight excluding hydrogens is 408 g/mol. The van der Waals surface area contributed by atoms with Crippen molar-refractivity contribution in [2.75, 3.05) is 19.8 Å². The normalized spacial score (nSPS) is 12.1.